The lowest BCUT2D eigenvalue weighted by atomic mass is 9.80. The van der Waals surface area contributed by atoms with Crippen LogP contribution in [0.1, 0.15) is 53.4 Å². The van der Waals surface area contributed by atoms with Gasteiger partial charge in [-0.1, -0.05) is 11.8 Å². The average Bonchev–Trinajstić information content (AvgIpc) is 2.32. The first-order valence-corrected chi connectivity index (χ1v) is 8.40. The third-order valence-electron chi connectivity index (χ3n) is 4.16. The van der Waals surface area contributed by atoms with E-state index in [4.69, 9.17) is 9.84 Å². The van der Waals surface area contributed by atoms with Gasteiger partial charge < -0.3 is 9.84 Å². The van der Waals surface area contributed by atoms with E-state index >= 15 is 0 Å². The number of hydrogen-bond donors (Lipinski definition) is 1. The van der Waals surface area contributed by atoms with Gasteiger partial charge >= 0.3 is 0 Å². The number of rotatable bonds is 7. The molecule has 0 aromatic carbocycles. The number of piperidine rings is 1. The van der Waals surface area contributed by atoms with Gasteiger partial charge in [-0.3, -0.25) is 9.69 Å². The number of thioether (sulfide) groups is 1. The molecular weight excluding hydrogens is 274 g/mol. The first-order valence-electron chi connectivity index (χ1n) is 7.41. The molecule has 1 heterocycles. The number of carbonyl (C=O) groups is 1. The topological polar surface area (TPSA) is 49.8 Å². The fourth-order valence-electron chi connectivity index (χ4n) is 3.20. The molecule has 1 N–H and O–H groups in total. The van der Waals surface area contributed by atoms with Crippen molar-refractivity contribution in [3.8, 4) is 0 Å². The largest absolute Gasteiger partial charge is 0.371 e. The third-order valence-corrected chi connectivity index (χ3v) is 5.06. The molecule has 0 atom stereocenters. The van der Waals surface area contributed by atoms with Gasteiger partial charge in [0.1, 0.15) is 6.79 Å². The minimum Gasteiger partial charge on any atom is -0.371 e. The van der Waals surface area contributed by atoms with Gasteiger partial charge in [-0.2, -0.15) is 0 Å². The van der Waals surface area contributed by atoms with E-state index in [0.29, 0.717) is 18.8 Å². The van der Waals surface area contributed by atoms with Crippen LogP contribution in [0.3, 0.4) is 0 Å². The minimum absolute atomic E-state index is 0.173. The van der Waals surface area contributed by atoms with Gasteiger partial charge in [0.25, 0.3) is 0 Å². The molecule has 1 fully saturated rings. The molecule has 0 unspecified atom stereocenters. The molecule has 0 spiro atoms. The van der Waals surface area contributed by atoms with Crippen LogP contribution in [-0.4, -0.2) is 51.9 Å². The molecule has 20 heavy (non-hydrogen) atoms. The zero-order chi connectivity index (χ0) is 15.2. The zero-order valence-corrected chi connectivity index (χ0v) is 14.1. The highest BCUT2D eigenvalue weighted by Crippen LogP contribution is 2.38. The molecule has 1 aliphatic rings. The molecular formula is C15H29NO3S. The molecule has 0 aliphatic carbocycles. The molecule has 0 aromatic heterocycles. The molecule has 118 valence electrons. The Balaban J connectivity index is 2.40. The maximum atomic E-state index is 11.9. The lowest BCUT2D eigenvalue weighted by Gasteiger charge is -2.53. The Kier molecular flexibility index (Phi) is 6.98. The standard InChI is InChI=1S/C15H29NO3S/c1-14(2)7-5-8-15(3,4)16(14)9-6-13(18)20-11-10-19-12-17/h17H,5-12H2,1-4H3. The monoisotopic (exact) mass is 303 g/mol. The Morgan fingerprint density at radius 3 is 2.40 bits per heavy atom. The van der Waals surface area contributed by atoms with Crippen LogP contribution < -0.4 is 0 Å². The van der Waals surface area contributed by atoms with Crippen LogP contribution in [0.5, 0.6) is 0 Å². The van der Waals surface area contributed by atoms with Gasteiger partial charge in [-0.25, -0.2) is 0 Å². The average molecular weight is 303 g/mol. The SMILES string of the molecule is CC1(C)CCCC(C)(C)N1CCC(=O)SCCOCO. The highest BCUT2D eigenvalue weighted by atomic mass is 32.2. The second-order valence-corrected chi connectivity index (χ2v) is 7.79. The molecule has 0 saturated carbocycles. The van der Waals surface area contributed by atoms with Crippen molar-refractivity contribution in [2.24, 2.45) is 0 Å². The summed E-state index contributed by atoms with van der Waals surface area (Å²) in [4.78, 5) is 14.4. The predicted octanol–water partition coefficient (Wildman–Crippen LogP) is 2.65. The highest BCUT2D eigenvalue weighted by Gasteiger charge is 2.40. The Morgan fingerprint density at radius 1 is 1.25 bits per heavy atom. The fourth-order valence-corrected chi connectivity index (χ4v) is 3.87. The summed E-state index contributed by atoms with van der Waals surface area (Å²) in [5.74, 6) is 0.617. The van der Waals surface area contributed by atoms with Gasteiger partial charge in [-0.15, -0.1) is 0 Å². The van der Waals surface area contributed by atoms with Crippen molar-refractivity contribution < 1.29 is 14.6 Å². The number of aliphatic hydroxyl groups is 1. The Hall–Kier alpha value is -0.100. The lowest BCUT2D eigenvalue weighted by Crippen LogP contribution is -2.58. The van der Waals surface area contributed by atoms with Gasteiger partial charge in [0.15, 0.2) is 5.12 Å². The van der Waals surface area contributed by atoms with Crippen molar-refractivity contribution in [3.05, 3.63) is 0 Å². The summed E-state index contributed by atoms with van der Waals surface area (Å²) >= 11 is 1.30. The Morgan fingerprint density at radius 2 is 1.85 bits per heavy atom. The predicted molar refractivity (Wildman–Crippen MR) is 83.8 cm³/mol. The first kappa shape index (κ1) is 18.0. The summed E-state index contributed by atoms with van der Waals surface area (Å²) in [7, 11) is 0. The molecule has 0 amide bonds. The maximum Gasteiger partial charge on any atom is 0.190 e. The summed E-state index contributed by atoms with van der Waals surface area (Å²) in [6.45, 7) is 10.1. The van der Waals surface area contributed by atoms with Crippen molar-refractivity contribution in [1.82, 2.24) is 4.90 Å². The van der Waals surface area contributed by atoms with Crippen LogP contribution in [0.25, 0.3) is 0 Å². The number of carbonyl (C=O) groups excluding carboxylic acids is 1. The molecule has 0 radical (unpaired) electrons. The van der Waals surface area contributed by atoms with Gasteiger partial charge in [0.2, 0.25) is 0 Å². The summed E-state index contributed by atoms with van der Waals surface area (Å²) in [5, 5.41) is 8.71. The van der Waals surface area contributed by atoms with Crippen LogP contribution >= 0.6 is 11.8 Å². The van der Waals surface area contributed by atoms with Crippen molar-refractivity contribution >= 4 is 16.9 Å². The van der Waals surface area contributed by atoms with E-state index in [0.717, 1.165) is 6.54 Å². The summed E-state index contributed by atoms with van der Waals surface area (Å²) in [6.07, 6.45) is 4.23. The minimum atomic E-state index is -0.273. The van der Waals surface area contributed by atoms with Crippen LogP contribution in [-0.2, 0) is 9.53 Å². The van der Waals surface area contributed by atoms with Gasteiger partial charge in [-0.05, 0) is 47.0 Å². The van der Waals surface area contributed by atoms with E-state index in [1.54, 1.807) is 0 Å². The number of aliphatic hydroxyl groups excluding tert-OH is 1. The number of hydrogen-bond acceptors (Lipinski definition) is 5. The number of nitrogens with zero attached hydrogens (tertiary/aromatic N) is 1. The maximum absolute atomic E-state index is 11.9. The molecule has 5 heteroatoms. The third kappa shape index (κ3) is 5.35. The van der Waals surface area contributed by atoms with Crippen LogP contribution in [0.15, 0.2) is 0 Å². The molecule has 4 nitrogen and oxygen atoms in total. The first-order chi connectivity index (χ1) is 9.29. The fraction of sp³-hybridized carbons (Fsp3) is 0.933. The number of likely N-dealkylation sites (tertiary alicyclic amines) is 1. The van der Waals surface area contributed by atoms with Gasteiger partial charge in [0.05, 0.1) is 6.61 Å². The van der Waals surface area contributed by atoms with Crippen molar-refractivity contribution in [3.63, 3.8) is 0 Å². The van der Waals surface area contributed by atoms with Crippen LogP contribution in [0.2, 0.25) is 0 Å². The highest BCUT2D eigenvalue weighted by molar-refractivity contribution is 8.13. The molecule has 1 rings (SSSR count). The van der Waals surface area contributed by atoms with E-state index in [1.165, 1.54) is 31.0 Å². The summed E-state index contributed by atoms with van der Waals surface area (Å²) in [5.41, 5.74) is 0.347. The normalized spacial score (nSPS) is 21.9. The second-order valence-electron chi connectivity index (χ2n) is 6.64. The molecule has 1 saturated heterocycles. The van der Waals surface area contributed by atoms with Crippen molar-refractivity contribution in [2.45, 2.75) is 64.5 Å². The molecule has 0 bridgehead atoms. The second kappa shape index (κ2) is 7.78. The van der Waals surface area contributed by atoms with Gasteiger partial charge in [0, 0.05) is 29.8 Å². The van der Waals surface area contributed by atoms with E-state index in [1.807, 2.05) is 0 Å². The molecule has 0 aromatic rings. The quantitative estimate of drug-likeness (QED) is 0.579. The Bertz CT molecular complexity index is 302. The van der Waals surface area contributed by atoms with E-state index in [-0.39, 0.29) is 23.0 Å². The lowest BCUT2D eigenvalue weighted by molar-refractivity contribution is -0.112. The van der Waals surface area contributed by atoms with Crippen LogP contribution in [0, 0.1) is 0 Å². The smallest absolute Gasteiger partial charge is 0.190 e. The van der Waals surface area contributed by atoms with E-state index < -0.39 is 0 Å². The van der Waals surface area contributed by atoms with E-state index in [2.05, 4.69) is 32.6 Å². The molecule has 1 aliphatic heterocycles. The zero-order valence-electron chi connectivity index (χ0n) is 13.3. The summed E-state index contributed by atoms with van der Waals surface area (Å²) in [6, 6.07) is 0. The van der Waals surface area contributed by atoms with Crippen molar-refractivity contribution in [2.75, 3.05) is 25.7 Å². The Labute approximate surface area is 127 Å². The van der Waals surface area contributed by atoms with E-state index in [9.17, 15) is 4.79 Å². The van der Waals surface area contributed by atoms with Crippen molar-refractivity contribution in [1.29, 1.82) is 0 Å². The van der Waals surface area contributed by atoms with Crippen LogP contribution in [0.4, 0.5) is 0 Å². The number of ether oxygens (including phenoxy) is 1. The summed E-state index contributed by atoms with van der Waals surface area (Å²) < 4.78 is 4.82.